The van der Waals surface area contributed by atoms with Crippen LogP contribution in [0.5, 0.6) is 0 Å². The van der Waals surface area contributed by atoms with Crippen molar-refractivity contribution >= 4 is 34.7 Å². The second kappa shape index (κ2) is 14.4. The average molecular weight is 546 g/mol. The van der Waals surface area contributed by atoms with Crippen molar-refractivity contribution in [1.82, 2.24) is 5.01 Å². The minimum Gasteiger partial charge on any atom is -0.325 e. The number of nitrogens with two attached hydrogens (primary N) is 1. The van der Waals surface area contributed by atoms with E-state index in [2.05, 4.69) is 18.3 Å². The molecule has 1 aliphatic carbocycles. The molecule has 1 fully saturated rings. The van der Waals surface area contributed by atoms with E-state index in [-0.39, 0.29) is 17.9 Å². The van der Waals surface area contributed by atoms with E-state index in [1.54, 1.807) is 9.91 Å². The van der Waals surface area contributed by atoms with Gasteiger partial charge in [0.25, 0.3) is 0 Å². The number of nitrogens with zero attached hydrogens (tertiary/aromatic N) is 3. The molecule has 4 rings (SSSR count). The minimum atomic E-state index is -0.579. The quantitative estimate of drug-likeness (QED) is 0.266. The molecular formula is C33H47N5O2. The van der Waals surface area contributed by atoms with E-state index in [1.807, 2.05) is 56.3 Å². The molecule has 1 unspecified atom stereocenters. The van der Waals surface area contributed by atoms with Gasteiger partial charge in [0.1, 0.15) is 0 Å². The number of carbonyl (C=O) groups excluding carboxylic acids is 2. The van der Waals surface area contributed by atoms with Crippen LogP contribution >= 0.6 is 0 Å². The van der Waals surface area contributed by atoms with Gasteiger partial charge in [0, 0.05) is 23.7 Å². The van der Waals surface area contributed by atoms with Gasteiger partial charge in [-0.2, -0.15) is 5.10 Å². The van der Waals surface area contributed by atoms with Crippen LogP contribution in [0.1, 0.15) is 97.0 Å². The summed E-state index contributed by atoms with van der Waals surface area (Å²) in [4.78, 5) is 28.5. The number of anilines is 3. The lowest BCUT2D eigenvalue weighted by Crippen LogP contribution is -2.39. The lowest BCUT2D eigenvalue weighted by Gasteiger charge is -2.27. The molecule has 216 valence electrons. The second-order valence-electron chi connectivity index (χ2n) is 11.7. The summed E-state index contributed by atoms with van der Waals surface area (Å²) in [6, 6.07) is 14.9. The van der Waals surface area contributed by atoms with Gasteiger partial charge in [0.2, 0.25) is 5.91 Å². The number of nitrogens with one attached hydrogen (secondary N) is 1. The molecule has 2 aromatic rings. The van der Waals surface area contributed by atoms with Crippen molar-refractivity contribution < 1.29 is 9.59 Å². The smallest absolute Gasteiger partial charge is 0.325 e. The Morgan fingerprint density at radius 1 is 0.975 bits per heavy atom. The fourth-order valence-corrected chi connectivity index (χ4v) is 5.67. The fourth-order valence-electron chi connectivity index (χ4n) is 5.67. The maximum atomic E-state index is 14.2. The number of unbranched alkanes of at least 4 members (excludes halogenated alkanes) is 5. The molecule has 1 aliphatic heterocycles. The summed E-state index contributed by atoms with van der Waals surface area (Å²) in [6.07, 6.45) is 12.8. The molecule has 3 N–H and O–H groups in total. The summed E-state index contributed by atoms with van der Waals surface area (Å²) >= 11 is 0. The molecule has 2 aliphatic rings. The van der Waals surface area contributed by atoms with Crippen LogP contribution in [0.2, 0.25) is 0 Å². The number of carbonyl (C=O) groups is 2. The summed E-state index contributed by atoms with van der Waals surface area (Å²) in [5.41, 5.74) is 10.4. The van der Waals surface area contributed by atoms with Crippen molar-refractivity contribution in [3.05, 3.63) is 54.1 Å². The fraction of sp³-hybridized carbons (Fsp3) is 0.545. The van der Waals surface area contributed by atoms with Crippen molar-refractivity contribution in [1.29, 1.82) is 0 Å². The van der Waals surface area contributed by atoms with Crippen molar-refractivity contribution in [2.45, 2.75) is 97.4 Å². The molecule has 0 bridgehead atoms. The third-order valence-corrected chi connectivity index (χ3v) is 8.19. The summed E-state index contributed by atoms with van der Waals surface area (Å²) < 4.78 is 0. The van der Waals surface area contributed by atoms with Crippen LogP contribution in [-0.2, 0) is 4.79 Å². The largest absolute Gasteiger partial charge is 0.349 e. The van der Waals surface area contributed by atoms with Gasteiger partial charge in [0.05, 0.1) is 23.1 Å². The Kier molecular flexibility index (Phi) is 10.8. The average Bonchev–Trinajstić information content (AvgIpc) is 3.09. The molecule has 0 spiro atoms. The number of hydrogen-bond acceptors (Lipinski definition) is 4. The molecule has 1 heterocycles. The van der Waals surface area contributed by atoms with E-state index in [4.69, 9.17) is 10.8 Å². The number of amides is 3. The van der Waals surface area contributed by atoms with Gasteiger partial charge >= 0.3 is 6.03 Å². The number of urea groups is 1. The van der Waals surface area contributed by atoms with Gasteiger partial charge in [-0.1, -0.05) is 90.3 Å². The Labute approximate surface area is 240 Å². The zero-order valence-corrected chi connectivity index (χ0v) is 24.6. The van der Waals surface area contributed by atoms with E-state index in [0.29, 0.717) is 18.2 Å². The SMILES string of the molecule is CCCCCCCCN1N=C(C2CCCCC2)c2ccccc2N(c2ccc(NC(=O)C(N)C(C)C)cc2)C1=O. The molecule has 1 atom stereocenters. The van der Waals surface area contributed by atoms with Gasteiger partial charge in [-0.3, -0.25) is 9.69 Å². The lowest BCUT2D eigenvalue weighted by molar-refractivity contribution is -0.118. The molecule has 0 aromatic heterocycles. The molecule has 3 amide bonds. The first-order valence-electron chi connectivity index (χ1n) is 15.4. The number of rotatable bonds is 12. The third kappa shape index (κ3) is 7.30. The summed E-state index contributed by atoms with van der Waals surface area (Å²) in [6.45, 7) is 6.68. The summed E-state index contributed by atoms with van der Waals surface area (Å²) in [7, 11) is 0. The van der Waals surface area contributed by atoms with Crippen LogP contribution in [0.15, 0.2) is 53.6 Å². The molecule has 40 heavy (non-hydrogen) atoms. The molecule has 0 saturated heterocycles. The number of fused-ring (bicyclic) bond motifs is 1. The Morgan fingerprint density at radius 3 is 2.35 bits per heavy atom. The Bertz CT molecular complexity index is 1150. The highest BCUT2D eigenvalue weighted by Gasteiger charge is 2.33. The first-order chi connectivity index (χ1) is 19.4. The van der Waals surface area contributed by atoms with Crippen LogP contribution in [-0.4, -0.2) is 35.2 Å². The first kappa shape index (κ1) is 29.8. The van der Waals surface area contributed by atoms with Crippen LogP contribution < -0.4 is 16.0 Å². The Hall–Kier alpha value is -3.19. The van der Waals surface area contributed by atoms with Crippen molar-refractivity contribution in [3.8, 4) is 0 Å². The lowest BCUT2D eigenvalue weighted by atomic mass is 9.83. The van der Waals surface area contributed by atoms with E-state index in [1.165, 1.54) is 44.9 Å². The summed E-state index contributed by atoms with van der Waals surface area (Å²) in [5.74, 6) is 0.188. The zero-order valence-electron chi connectivity index (χ0n) is 24.6. The van der Waals surface area contributed by atoms with Crippen LogP contribution in [0.25, 0.3) is 0 Å². The monoisotopic (exact) mass is 545 g/mol. The highest BCUT2D eigenvalue weighted by Crippen LogP contribution is 2.37. The number of hydrazone groups is 1. The molecule has 2 aromatic carbocycles. The first-order valence-corrected chi connectivity index (χ1v) is 15.4. The molecule has 1 saturated carbocycles. The van der Waals surface area contributed by atoms with Gasteiger partial charge in [0.15, 0.2) is 0 Å². The minimum absolute atomic E-state index is 0.0430. The van der Waals surface area contributed by atoms with Crippen molar-refractivity contribution in [2.24, 2.45) is 22.7 Å². The molecule has 7 nitrogen and oxygen atoms in total. The Morgan fingerprint density at radius 2 is 1.65 bits per heavy atom. The van der Waals surface area contributed by atoms with E-state index < -0.39 is 6.04 Å². The Balaban J connectivity index is 1.63. The topological polar surface area (TPSA) is 91.0 Å². The maximum Gasteiger partial charge on any atom is 0.349 e. The van der Waals surface area contributed by atoms with Gasteiger partial charge < -0.3 is 11.1 Å². The van der Waals surface area contributed by atoms with Gasteiger partial charge in [-0.05, 0) is 55.5 Å². The van der Waals surface area contributed by atoms with Gasteiger partial charge in [-0.25, -0.2) is 9.80 Å². The number of para-hydroxylation sites is 1. The van der Waals surface area contributed by atoms with Gasteiger partial charge in [-0.15, -0.1) is 0 Å². The zero-order chi connectivity index (χ0) is 28.5. The van der Waals surface area contributed by atoms with Crippen LogP contribution in [0.3, 0.4) is 0 Å². The van der Waals surface area contributed by atoms with Crippen molar-refractivity contribution in [2.75, 3.05) is 16.8 Å². The number of benzene rings is 2. The normalized spacial score (nSPS) is 16.9. The number of hydrogen-bond donors (Lipinski definition) is 2. The standard InChI is InChI=1S/C33H47N5O2/c1-4-5-6-7-8-14-23-37-33(40)38(27-21-19-26(20-22-27)35-32(39)30(34)24(2)3)29-18-13-12-17-28(29)31(36-37)25-15-10-9-11-16-25/h12-13,17-22,24-25,30H,4-11,14-16,23,34H2,1-3H3,(H,35,39). The second-order valence-corrected chi connectivity index (χ2v) is 11.7. The molecule has 0 radical (unpaired) electrons. The highest BCUT2D eigenvalue weighted by atomic mass is 16.2. The molecule has 7 heteroatoms. The highest BCUT2D eigenvalue weighted by molar-refractivity contribution is 6.13. The van der Waals surface area contributed by atoms with E-state index >= 15 is 0 Å². The predicted octanol–water partition coefficient (Wildman–Crippen LogP) is 7.83. The van der Waals surface area contributed by atoms with Crippen LogP contribution in [0.4, 0.5) is 21.9 Å². The van der Waals surface area contributed by atoms with E-state index in [0.717, 1.165) is 48.3 Å². The van der Waals surface area contributed by atoms with Crippen LogP contribution in [0, 0.1) is 11.8 Å². The summed E-state index contributed by atoms with van der Waals surface area (Å²) in [5, 5.41) is 9.72. The van der Waals surface area contributed by atoms with Crippen molar-refractivity contribution in [3.63, 3.8) is 0 Å². The predicted molar refractivity (Wildman–Crippen MR) is 165 cm³/mol. The van der Waals surface area contributed by atoms with E-state index in [9.17, 15) is 9.59 Å². The third-order valence-electron chi connectivity index (χ3n) is 8.19. The molecular weight excluding hydrogens is 498 g/mol. The maximum absolute atomic E-state index is 14.2.